The molecule has 3 unspecified atom stereocenters. The summed E-state index contributed by atoms with van der Waals surface area (Å²) in [6, 6.07) is 0.0367. The fraction of sp³-hybridized carbons (Fsp3) is 0.800. The smallest absolute Gasteiger partial charge is 0.244 e. The van der Waals surface area contributed by atoms with Gasteiger partial charge in [-0.3, -0.25) is 14.8 Å². The lowest BCUT2D eigenvalue weighted by Crippen LogP contribution is -2.53. The van der Waals surface area contributed by atoms with E-state index in [4.69, 9.17) is 4.74 Å². The third-order valence-corrected chi connectivity index (χ3v) is 6.43. The molecule has 2 saturated heterocycles. The van der Waals surface area contributed by atoms with E-state index in [0.29, 0.717) is 12.0 Å². The van der Waals surface area contributed by atoms with Crippen LogP contribution in [-0.2, 0) is 16.6 Å². The van der Waals surface area contributed by atoms with Crippen LogP contribution in [0.25, 0.3) is 0 Å². The summed E-state index contributed by atoms with van der Waals surface area (Å²) in [6.45, 7) is 4.78. The highest BCUT2D eigenvalue weighted by Gasteiger charge is 2.43. The average molecular weight is 361 g/mol. The number of nitrogens with zero attached hydrogens (tertiary/aromatic N) is 3. The lowest BCUT2D eigenvalue weighted by molar-refractivity contribution is -0.143. The Morgan fingerprint density at radius 3 is 2.88 bits per heavy atom. The van der Waals surface area contributed by atoms with Crippen LogP contribution in [0.15, 0.2) is 12.4 Å². The Morgan fingerprint density at radius 1 is 1.38 bits per heavy atom. The van der Waals surface area contributed by atoms with Crippen molar-refractivity contribution in [1.29, 1.82) is 0 Å². The zero-order valence-corrected chi connectivity index (χ0v) is 16.1. The molecule has 3 heterocycles. The molecule has 1 aromatic rings. The number of amides is 1. The summed E-state index contributed by atoms with van der Waals surface area (Å²) in [7, 11) is 1.91. The zero-order chi connectivity index (χ0) is 18.1. The molecule has 1 amide bonds. The first-order valence-corrected chi connectivity index (χ1v) is 10.2. The summed E-state index contributed by atoms with van der Waals surface area (Å²) in [5, 5.41) is 8.01. The number of aromatic nitrogens is 2. The van der Waals surface area contributed by atoms with E-state index in [-0.39, 0.29) is 17.6 Å². The minimum Gasteiger partial charge on any atom is -0.375 e. The number of carbonyl (C=O) groups is 1. The van der Waals surface area contributed by atoms with Crippen molar-refractivity contribution in [2.45, 2.75) is 69.6 Å². The van der Waals surface area contributed by atoms with Gasteiger partial charge in [0.05, 0.1) is 11.8 Å². The van der Waals surface area contributed by atoms with E-state index in [9.17, 15) is 4.79 Å². The molecule has 26 heavy (non-hydrogen) atoms. The summed E-state index contributed by atoms with van der Waals surface area (Å²) >= 11 is 0. The number of nitrogens with one attached hydrogen (secondary N) is 1. The molecule has 1 N–H and O–H groups in total. The molecule has 4 rings (SSSR count). The Bertz CT molecular complexity index is 640. The van der Waals surface area contributed by atoms with Gasteiger partial charge in [-0.15, -0.1) is 0 Å². The normalized spacial score (nSPS) is 29.4. The maximum absolute atomic E-state index is 13.4. The first-order chi connectivity index (χ1) is 12.5. The van der Waals surface area contributed by atoms with Gasteiger partial charge in [-0.05, 0) is 50.9 Å². The van der Waals surface area contributed by atoms with Crippen molar-refractivity contribution in [3.05, 3.63) is 18.0 Å². The molecule has 0 bridgehead atoms. The summed E-state index contributed by atoms with van der Waals surface area (Å²) in [6.07, 6.45) is 11.7. The lowest BCUT2D eigenvalue weighted by atomic mass is 9.74. The van der Waals surface area contributed by atoms with E-state index in [0.717, 1.165) is 44.5 Å². The van der Waals surface area contributed by atoms with Crippen LogP contribution in [0.4, 0.5) is 0 Å². The molecule has 1 aliphatic carbocycles. The summed E-state index contributed by atoms with van der Waals surface area (Å²) in [5.41, 5.74) is 1.06. The van der Waals surface area contributed by atoms with Crippen LogP contribution >= 0.6 is 0 Å². The first kappa shape index (κ1) is 18.0. The highest BCUT2D eigenvalue weighted by atomic mass is 16.5. The van der Waals surface area contributed by atoms with Gasteiger partial charge < -0.3 is 9.64 Å². The molecule has 2 aliphatic heterocycles. The fourth-order valence-corrected chi connectivity index (χ4v) is 4.80. The van der Waals surface area contributed by atoms with Gasteiger partial charge in [-0.1, -0.05) is 6.92 Å². The molecule has 6 heteroatoms. The Balaban J connectivity index is 1.50. The maximum atomic E-state index is 13.4. The maximum Gasteiger partial charge on any atom is 0.244 e. The van der Waals surface area contributed by atoms with E-state index in [2.05, 4.69) is 22.2 Å². The number of ether oxygens (including phenoxy) is 1. The minimum atomic E-state index is -0.297. The Labute approximate surface area is 156 Å². The van der Waals surface area contributed by atoms with Gasteiger partial charge >= 0.3 is 0 Å². The molecule has 1 aromatic heterocycles. The Morgan fingerprint density at radius 2 is 2.23 bits per heavy atom. The molecule has 3 fully saturated rings. The van der Waals surface area contributed by atoms with Crippen molar-refractivity contribution in [2.24, 2.45) is 13.0 Å². The van der Waals surface area contributed by atoms with Gasteiger partial charge in [-0.25, -0.2) is 0 Å². The van der Waals surface area contributed by atoms with E-state index in [1.807, 2.05) is 19.4 Å². The van der Waals surface area contributed by atoms with Crippen molar-refractivity contribution in [1.82, 2.24) is 20.0 Å². The van der Waals surface area contributed by atoms with Crippen LogP contribution in [0.1, 0.15) is 63.5 Å². The van der Waals surface area contributed by atoms with Crippen molar-refractivity contribution in [3.8, 4) is 0 Å². The van der Waals surface area contributed by atoms with Gasteiger partial charge in [0, 0.05) is 44.5 Å². The SMILES string of the molecule is CC1CCCN(C(=O)C(NC2CCOC3(CCC3)C2)c2cnn(C)c2)C1. The quantitative estimate of drug-likeness (QED) is 0.896. The van der Waals surface area contributed by atoms with E-state index in [1.165, 1.54) is 25.7 Å². The molecule has 1 spiro atoms. The molecule has 0 radical (unpaired) electrons. The molecule has 3 atom stereocenters. The van der Waals surface area contributed by atoms with Crippen LogP contribution in [0.3, 0.4) is 0 Å². The van der Waals surface area contributed by atoms with Gasteiger partial charge in [0.15, 0.2) is 0 Å². The number of carbonyl (C=O) groups excluding carboxylic acids is 1. The standard InChI is InChI=1S/C20H32N4O2/c1-15-5-3-9-24(13-15)19(25)18(16-12-21-23(2)14-16)22-17-6-10-26-20(11-17)7-4-8-20/h12,14-15,17-18,22H,3-11,13H2,1-2H3. The number of hydrogen-bond acceptors (Lipinski definition) is 4. The molecule has 0 aromatic carbocycles. The topological polar surface area (TPSA) is 59.4 Å². The van der Waals surface area contributed by atoms with Crippen molar-refractivity contribution >= 4 is 5.91 Å². The number of rotatable bonds is 4. The third kappa shape index (κ3) is 3.67. The largest absolute Gasteiger partial charge is 0.375 e. The van der Waals surface area contributed by atoms with Gasteiger partial charge in [0.25, 0.3) is 0 Å². The molecule has 144 valence electrons. The van der Waals surface area contributed by atoms with Crippen LogP contribution in [-0.4, -0.2) is 51.9 Å². The average Bonchev–Trinajstić information content (AvgIpc) is 3.04. The van der Waals surface area contributed by atoms with Crippen LogP contribution < -0.4 is 5.32 Å². The Hall–Kier alpha value is -1.40. The minimum absolute atomic E-state index is 0.0814. The van der Waals surface area contributed by atoms with Crippen LogP contribution in [0, 0.1) is 5.92 Å². The van der Waals surface area contributed by atoms with E-state index < -0.39 is 0 Å². The Kier molecular flexibility index (Phi) is 5.06. The zero-order valence-electron chi connectivity index (χ0n) is 16.1. The lowest BCUT2D eigenvalue weighted by Gasteiger charge is -2.48. The van der Waals surface area contributed by atoms with E-state index >= 15 is 0 Å². The van der Waals surface area contributed by atoms with Gasteiger partial charge in [-0.2, -0.15) is 5.10 Å². The number of likely N-dealkylation sites (tertiary alicyclic amines) is 1. The van der Waals surface area contributed by atoms with Gasteiger partial charge in [0.2, 0.25) is 5.91 Å². The number of piperidine rings is 1. The summed E-state index contributed by atoms with van der Waals surface area (Å²) in [5.74, 6) is 0.794. The van der Waals surface area contributed by atoms with Gasteiger partial charge in [0.1, 0.15) is 6.04 Å². The molecule has 6 nitrogen and oxygen atoms in total. The predicted molar refractivity (Wildman–Crippen MR) is 99.6 cm³/mol. The fourth-order valence-electron chi connectivity index (χ4n) is 4.80. The van der Waals surface area contributed by atoms with Crippen molar-refractivity contribution in [2.75, 3.05) is 19.7 Å². The monoisotopic (exact) mass is 360 g/mol. The predicted octanol–water partition coefficient (Wildman–Crippen LogP) is 2.41. The number of hydrogen-bond donors (Lipinski definition) is 1. The summed E-state index contributed by atoms with van der Waals surface area (Å²) in [4.78, 5) is 15.4. The molecular formula is C20H32N4O2. The summed E-state index contributed by atoms with van der Waals surface area (Å²) < 4.78 is 7.85. The molecular weight excluding hydrogens is 328 g/mol. The van der Waals surface area contributed by atoms with E-state index in [1.54, 1.807) is 4.68 Å². The highest BCUT2D eigenvalue weighted by molar-refractivity contribution is 5.83. The number of aryl methyl sites for hydroxylation is 1. The molecule has 1 saturated carbocycles. The second kappa shape index (κ2) is 7.31. The van der Waals surface area contributed by atoms with Crippen molar-refractivity contribution < 1.29 is 9.53 Å². The second-order valence-corrected chi connectivity index (χ2v) is 8.65. The van der Waals surface area contributed by atoms with Crippen LogP contribution in [0.5, 0.6) is 0 Å². The highest BCUT2D eigenvalue weighted by Crippen LogP contribution is 2.42. The first-order valence-electron chi connectivity index (χ1n) is 10.2. The second-order valence-electron chi connectivity index (χ2n) is 8.65. The van der Waals surface area contributed by atoms with Crippen LogP contribution in [0.2, 0.25) is 0 Å². The third-order valence-electron chi connectivity index (χ3n) is 6.43. The van der Waals surface area contributed by atoms with Crippen molar-refractivity contribution in [3.63, 3.8) is 0 Å². The molecule has 3 aliphatic rings.